The number of hydrogen-bond acceptors (Lipinski definition) is 14. The second kappa shape index (κ2) is 16.7. The minimum Gasteiger partial charge on any atom is -0.0491 e. The molecule has 0 fully saturated rings. The van der Waals surface area contributed by atoms with Crippen LogP contribution in [0.4, 0.5) is 10.3 Å². The molecule has 4 aromatic heterocycles. The fraction of sp³-hybridized carbons (Fsp3) is 0.143. The molecular weight excluding hydrogens is 828 g/mol. The Morgan fingerprint density at radius 1 is 0.596 bits per heavy atom. The van der Waals surface area contributed by atoms with Gasteiger partial charge >= 0.3 is 259 Å². The van der Waals surface area contributed by atoms with E-state index in [0.717, 1.165) is 53.7 Å². The first-order valence-corrected chi connectivity index (χ1v) is 21.3. The number of methoxy groups -OCH3 is 2. The van der Waals surface area contributed by atoms with Crippen molar-refractivity contribution in [1.29, 1.82) is 0 Å². The van der Waals surface area contributed by atoms with Crippen molar-refractivity contribution in [1.82, 2.24) is 20.8 Å². The molecule has 0 aliphatic rings. The van der Waals surface area contributed by atoms with Crippen LogP contribution in [0.25, 0.3) is 44.5 Å². The molecule has 0 radical (unpaired) electrons. The van der Waals surface area contributed by atoms with Gasteiger partial charge in [-0.15, -0.1) is 0 Å². The molecule has 0 bridgehead atoms. The van der Waals surface area contributed by atoms with Gasteiger partial charge in [-0.25, -0.2) is 0 Å². The summed E-state index contributed by atoms with van der Waals surface area (Å²) in [5.74, 6) is 1.57. The zero-order chi connectivity index (χ0) is 39.5. The first-order chi connectivity index (χ1) is 27.7. The Morgan fingerprint density at radius 2 is 1.02 bits per heavy atom. The van der Waals surface area contributed by atoms with Crippen molar-refractivity contribution >= 4 is 78.8 Å². The van der Waals surface area contributed by atoms with Crippen LogP contribution in [0, 0.1) is 0 Å². The fourth-order valence-corrected chi connectivity index (χ4v) is 9.33. The molecule has 15 heteroatoms. The minimum atomic E-state index is -0.406. The van der Waals surface area contributed by atoms with Crippen molar-refractivity contribution in [2.24, 2.45) is 0 Å². The Balaban J connectivity index is 0.930. The molecular formula is C42H36N6O6S2Se. The standard InChI is InChI=1S/C42H36N6O6S2Se/c1-23(45-47-41-43-35(21-55-41)25-5-9-29(51-3)10-6-25)33-19-27-17-31(13-15-37(27)53-39(33)49)57-32-14-16-38-28(18-32)20-34(40(50)54-38)24(2)46-48-42-44-36(22-56-42)26-7-11-30(52-4)12-8-26/h5-24,45-46H,1-4H3,(H,43,47)(H,44,48). The maximum absolute atomic E-state index is 13.0. The number of nitrogens with one attached hydrogen (secondary N) is 4. The van der Waals surface area contributed by atoms with Gasteiger partial charge in [-0.2, -0.15) is 0 Å². The van der Waals surface area contributed by atoms with Crippen LogP contribution < -0.4 is 51.4 Å². The predicted molar refractivity (Wildman–Crippen MR) is 229 cm³/mol. The fourth-order valence-electron chi connectivity index (χ4n) is 6.05. The number of hydrogen-bond donors (Lipinski definition) is 4. The van der Waals surface area contributed by atoms with Crippen LogP contribution in [0.1, 0.15) is 37.1 Å². The maximum atomic E-state index is 13.0. The molecule has 4 N–H and O–H groups in total. The van der Waals surface area contributed by atoms with Gasteiger partial charge in [0.1, 0.15) is 11.5 Å². The third kappa shape index (κ3) is 8.64. The summed E-state index contributed by atoms with van der Waals surface area (Å²) >= 11 is 2.83. The minimum absolute atomic E-state index is 0.0926. The summed E-state index contributed by atoms with van der Waals surface area (Å²) in [6.45, 7) is 3.79. The van der Waals surface area contributed by atoms with Gasteiger partial charge in [-0.3, -0.25) is 0 Å². The van der Waals surface area contributed by atoms with Crippen LogP contribution in [0.5, 0.6) is 11.5 Å². The Kier molecular flexibility index (Phi) is 11.2. The van der Waals surface area contributed by atoms with Crippen molar-refractivity contribution < 1.29 is 18.3 Å². The number of benzene rings is 4. The quantitative estimate of drug-likeness (QED) is 0.0498. The van der Waals surface area contributed by atoms with Gasteiger partial charge in [0.15, 0.2) is 0 Å². The van der Waals surface area contributed by atoms with Gasteiger partial charge in [0.2, 0.25) is 0 Å². The number of anilines is 2. The SMILES string of the molecule is COc1ccc(-c2csc(NNC(C)c3cc4cc([Se]c5ccc6oc(=O)c(C(C)NNc7nc(-c8ccc(OC)cc8)cs7)cc6c5)ccc4oc3=O)n2)cc1. The van der Waals surface area contributed by atoms with Gasteiger partial charge in [0, 0.05) is 0 Å². The Bertz CT molecular complexity index is 2610. The van der Waals surface area contributed by atoms with Crippen LogP contribution >= 0.6 is 22.7 Å². The molecule has 2 atom stereocenters. The predicted octanol–water partition coefficient (Wildman–Crippen LogP) is 7.17. The Hall–Kier alpha value is -5.80. The zero-order valence-electron chi connectivity index (χ0n) is 31.1. The average Bonchev–Trinajstić information content (AvgIpc) is 3.92. The van der Waals surface area contributed by atoms with Crippen molar-refractivity contribution in [3.63, 3.8) is 0 Å². The van der Waals surface area contributed by atoms with E-state index in [1.165, 1.54) is 22.7 Å². The van der Waals surface area contributed by atoms with Crippen molar-refractivity contribution in [3.8, 4) is 34.0 Å². The van der Waals surface area contributed by atoms with E-state index in [0.29, 0.717) is 32.6 Å². The molecule has 57 heavy (non-hydrogen) atoms. The normalized spacial score (nSPS) is 12.4. The molecule has 0 spiro atoms. The van der Waals surface area contributed by atoms with E-state index in [9.17, 15) is 9.59 Å². The van der Waals surface area contributed by atoms with Crippen LogP contribution in [0.3, 0.4) is 0 Å². The average molecular weight is 864 g/mol. The monoisotopic (exact) mass is 864 g/mol. The molecule has 8 aromatic rings. The summed E-state index contributed by atoms with van der Waals surface area (Å²) in [5.41, 5.74) is 17.5. The summed E-state index contributed by atoms with van der Waals surface area (Å²) in [5, 5.41) is 6.92. The Labute approximate surface area is 341 Å². The molecule has 0 saturated carbocycles. The van der Waals surface area contributed by atoms with E-state index in [1.54, 1.807) is 14.2 Å². The number of ether oxygens (including phenoxy) is 2. The van der Waals surface area contributed by atoms with E-state index < -0.39 is 11.3 Å². The van der Waals surface area contributed by atoms with Gasteiger partial charge in [0.05, 0.1) is 14.2 Å². The number of thiazole rings is 2. The molecule has 12 nitrogen and oxygen atoms in total. The number of aromatic nitrogens is 2. The summed E-state index contributed by atoms with van der Waals surface area (Å²) < 4.78 is 24.2. The number of hydrazine groups is 2. The molecule has 0 aliphatic heterocycles. The molecule has 288 valence electrons. The first kappa shape index (κ1) is 38.1. The largest absolute Gasteiger partial charge is 0.0491 e. The van der Waals surface area contributed by atoms with Crippen molar-refractivity contribution in [2.45, 2.75) is 25.9 Å². The van der Waals surface area contributed by atoms with Crippen molar-refractivity contribution in [2.75, 3.05) is 25.1 Å². The van der Waals surface area contributed by atoms with Gasteiger partial charge < -0.3 is 9.47 Å². The second-order valence-corrected chi connectivity index (χ2v) is 17.1. The van der Waals surface area contributed by atoms with E-state index in [-0.39, 0.29) is 27.0 Å². The molecule has 4 aromatic carbocycles. The maximum Gasteiger partial charge on any atom is -0.0193 e. The Morgan fingerprint density at radius 3 is 1.42 bits per heavy atom. The van der Waals surface area contributed by atoms with E-state index >= 15 is 0 Å². The number of rotatable bonds is 14. The number of nitrogens with zero attached hydrogens (tertiary/aromatic N) is 2. The third-order valence-corrected chi connectivity index (χ3v) is 12.8. The first-order valence-electron chi connectivity index (χ1n) is 17.8. The molecule has 8 rings (SSSR count). The van der Waals surface area contributed by atoms with Crippen molar-refractivity contribution in [3.05, 3.63) is 140 Å². The summed E-state index contributed by atoms with van der Waals surface area (Å²) in [4.78, 5) is 35.4. The van der Waals surface area contributed by atoms with Crippen LogP contribution in [0.15, 0.2) is 126 Å². The molecule has 2 unspecified atom stereocenters. The smallest absolute Gasteiger partial charge is 0.0193 e. The second-order valence-electron chi connectivity index (χ2n) is 13.0. The molecule has 0 amide bonds. The topological polar surface area (TPSA) is 153 Å². The van der Waals surface area contributed by atoms with Crippen LogP contribution in [-0.4, -0.2) is 39.1 Å². The van der Waals surface area contributed by atoms with E-state index in [2.05, 4.69) is 43.8 Å². The van der Waals surface area contributed by atoms with Crippen LogP contribution in [-0.2, 0) is 0 Å². The molecule has 4 heterocycles. The molecule has 0 aliphatic carbocycles. The molecule has 0 saturated heterocycles. The number of fused-ring (bicyclic) bond motifs is 2. The summed E-state index contributed by atoms with van der Waals surface area (Å²) in [6.07, 6.45) is 0. The van der Waals surface area contributed by atoms with E-state index in [4.69, 9.17) is 18.3 Å². The van der Waals surface area contributed by atoms with Gasteiger partial charge in [0.25, 0.3) is 0 Å². The third-order valence-electron chi connectivity index (χ3n) is 9.20. The summed E-state index contributed by atoms with van der Waals surface area (Å²) in [7, 11) is 3.27. The summed E-state index contributed by atoms with van der Waals surface area (Å²) in [6, 6.07) is 30.2. The zero-order valence-corrected chi connectivity index (χ0v) is 34.5. The van der Waals surface area contributed by atoms with E-state index in [1.807, 2.05) is 110 Å². The van der Waals surface area contributed by atoms with Gasteiger partial charge in [-0.1, -0.05) is 0 Å². The van der Waals surface area contributed by atoms with Gasteiger partial charge in [-0.05, 0) is 48.5 Å². The van der Waals surface area contributed by atoms with Crippen LogP contribution in [0.2, 0.25) is 0 Å².